The molecule has 2 aromatic heterocycles. The number of aliphatic hydroxyl groups excluding tert-OH is 1. The SMILES string of the molecule is CCc1c(F)ccc2cc(OCOC)cc(-c3ncc4c(N5CCC[C@@](C)(O)C5)nc(OCC5(CN6CCC7(CC6)CC(CO)C7)CC5)nc4c3F)c12. The zero-order valence-corrected chi connectivity index (χ0v) is 31.1. The lowest BCUT2D eigenvalue weighted by molar-refractivity contribution is -0.0381. The monoisotopic (exact) mass is 731 g/mol. The molecule has 4 aromatic rings. The van der Waals surface area contributed by atoms with Gasteiger partial charge in [0.05, 0.1) is 17.6 Å². The molecule has 0 amide bonds. The molecule has 0 unspecified atom stereocenters. The van der Waals surface area contributed by atoms with E-state index in [1.54, 1.807) is 31.3 Å². The molecule has 2 aromatic carbocycles. The lowest BCUT2D eigenvalue weighted by Crippen LogP contribution is -2.49. The Bertz CT molecular complexity index is 1990. The number of hydrogen-bond acceptors (Lipinski definition) is 10. The van der Waals surface area contributed by atoms with Gasteiger partial charge in [0.1, 0.15) is 28.6 Å². The zero-order chi connectivity index (χ0) is 37.0. The molecule has 1 atom stereocenters. The number of methoxy groups -OCH3 is 1. The van der Waals surface area contributed by atoms with Crippen molar-refractivity contribution in [2.75, 3.05) is 64.7 Å². The van der Waals surface area contributed by atoms with Crippen molar-refractivity contribution in [3.8, 4) is 23.0 Å². The first-order valence-electron chi connectivity index (χ1n) is 19.2. The Balaban J connectivity index is 1.14. The van der Waals surface area contributed by atoms with Gasteiger partial charge in [0.25, 0.3) is 0 Å². The molecule has 2 N–H and O–H groups in total. The third-order valence-electron chi connectivity index (χ3n) is 12.4. The minimum Gasteiger partial charge on any atom is -0.468 e. The van der Waals surface area contributed by atoms with Crippen molar-refractivity contribution in [3.63, 3.8) is 0 Å². The van der Waals surface area contributed by atoms with E-state index in [4.69, 9.17) is 24.2 Å². The minimum atomic E-state index is -0.936. The number of β-amino-alcohol motifs (C(OH)–C–C–N with tert-alkyl or cyclic N) is 1. The quantitative estimate of drug-likeness (QED) is 0.153. The second-order valence-electron chi connectivity index (χ2n) is 16.6. The number of pyridine rings is 1. The average Bonchev–Trinajstić information content (AvgIpc) is 3.91. The van der Waals surface area contributed by atoms with E-state index in [1.807, 2.05) is 11.8 Å². The number of ether oxygens (including phenoxy) is 3. The van der Waals surface area contributed by atoms with E-state index in [0.717, 1.165) is 51.7 Å². The van der Waals surface area contributed by atoms with Gasteiger partial charge in [0.15, 0.2) is 12.6 Å². The van der Waals surface area contributed by atoms with Crippen molar-refractivity contribution in [1.29, 1.82) is 0 Å². The standard InChI is InChI=1S/C41H51F2N5O5/c1-4-29-32(42)7-6-27-16-28(53-25-51-3)17-30(33(27)29)35-34(43)36-31(20-44-35)37(48-13-5-8-39(2,50)22-48)46-38(45-36)52-24-41(9-10-41)23-47-14-11-40(12-15-47)18-26(19-40)21-49/h6-7,16-17,20,26,49-50H,4-5,8-15,18-19,21-25H2,1-3H3/t39-/m1/s1. The van der Waals surface area contributed by atoms with Gasteiger partial charge in [-0.2, -0.15) is 9.97 Å². The highest BCUT2D eigenvalue weighted by molar-refractivity contribution is 6.01. The largest absolute Gasteiger partial charge is 0.468 e. The number of aryl methyl sites for hydroxylation is 1. The lowest BCUT2D eigenvalue weighted by atomic mass is 9.58. The van der Waals surface area contributed by atoms with Crippen LogP contribution in [0.15, 0.2) is 30.5 Å². The predicted molar refractivity (Wildman–Crippen MR) is 199 cm³/mol. The summed E-state index contributed by atoms with van der Waals surface area (Å²) in [6, 6.07) is 6.63. The van der Waals surface area contributed by atoms with Gasteiger partial charge >= 0.3 is 6.01 Å². The molecule has 10 nitrogen and oxygen atoms in total. The molecule has 1 spiro atoms. The van der Waals surface area contributed by atoms with Crippen molar-refractivity contribution in [2.24, 2.45) is 16.7 Å². The maximum absolute atomic E-state index is 17.2. The van der Waals surface area contributed by atoms with Crippen LogP contribution in [0.1, 0.15) is 70.8 Å². The van der Waals surface area contributed by atoms with Crippen LogP contribution in [0.3, 0.4) is 0 Å². The number of nitrogens with zero attached hydrogens (tertiary/aromatic N) is 5. The first-order chi connectivity index (χ1) is 25.5. The summed E-state index contributed by atoms with van der Waals surface area (Å²) in [6.07, 6.45) is 10.1. The lowest BCUT2D eigenvalue weighted by Gasteiger charge is -2.52. The second kappa shape index (κ2) is 14.2. The van der Waals surface area contributed by atoms with Crippen LogP contribution in [0.25, 0.3) is 32.9 Å². The van der Waals surface area contributed by atoms with Gasteiger partial charge in [-0.1, -0.05) is 13.0 Å². The smallest absolute Gasteiger partial charge is 0.319 e. The maximum atomic E-state index is 17.2. The Morgan fingerprint density at radius 1 is 1.00 bits per heavy atom. The fourth-order valence-electron chi connectivity index (χ4n) is 9.25. The molecule has 2 aliphatic carbocycles. The summed E-state index contributed by atoms with van der Waals surface area (Å²) in [5, 5.41) is 22.2. The summed E-state index contributed by atoms with van der Waals surface area (Å²) in [4.78, 5) is 18.7. The summed E-state index contributed by atoms with van der Waals surface area (Å²) in [5.41, 5.74) is 0.399. The van der Waals surface area contributed by atoms with Gasteiger partial charge in [-0.3, -0.25) is 4.98 Å². The van der Waals surface area contributed by atoms with Crippen molar-refractivity contribution < 1.29 is 33.2 Å². The number of likely N-dealkylation sites (tertiary alicyclic amines) is 1. The van der Waals surface area contributed by atoms with Crippen LogP contribution in [0.5, 0.6) is 11.8 Å². The molecule has 12 heteroatoms. The fraction of sp³-hybridized carbons (Fsp3) is 0.585. The highest BCUT2D eigenvalue weighted by Crippen LogP contribution is 2.54. The molecule has 284 valence electrons. The van der Waals surface area contributed by atoms with Crippen LogP contribution in [-0.2, 0) is 11.2 Å². The Kier molecular flexibility index (Phi) is 9.70. The Hall–Kier alpha value is -3.71. The molecule has 2 aliphatic heterocycles. The number of aromatic nitrogens is 3. The summed E-state index contributed by atoms with van der Waals surface area (Å²) in [6.45, 7) is 8.40. The predicted octanol–water partition coefficient (Wildman–Crippen LogP) is 6.66. The van der Waals surface area contributed by atoms with Gasteiger partial charge in [0.2, 0.25) is 0 Å². The number of anilines is 1. The molecule has 0 radical (unpaired) electrons. The number of rotatable bonds is 12. The number of aliphatic hydroxyl groups is 2. The maximum Gasteiger partial charge on any atom is 0.319 e. The van der Waals surface area contributed by atoms with Crippen molar-refractivity contribution in [1.82, 2.24) is 19.9 Å². The van der Waals surface area contributed by atoms with Crippen LogP contribution in [-0.4, -0.2) is 95.5 Å². The highest BCUT2D eigenvalue weighted by Gasteiger charge is 2.49. The van der Waals surface area contributed by atoms with Gasteiger partial charge in [-0.15, -0.1) is 0 Å². The number of hydrogen-bond donors (Lipinski definition) is 2. The third kappa shape index (κ3) is 7.15. The molecule has 8 rings (SSSR count). The van der Waals surface area contributed by atoms with Crippen LogP contribution < -0.4 is 14.4 Å². The van der Waals surface area contributed by atoms with Crippen molar-refractivity contribution in [3.05, 3.63) is 47.7 Å². The zero-order valence-electron chi connectivity index (χ0n) is 31.1. The Labute approximate surface area is 309 Å². The summed E-state index contributed by atoms with van der Waals surface area (Å²) in [7, 11) is 1.52. The van der Waals surface area contributed by atoms with E-state index in [9.17, 15) is 10.2 Å². The molecule has 0 bridgehead atoms. The summed E-state index contributed by atoms with van der Waals surface area (Å²) in [5.74, 6) is 0.340. The van der Waals surface area contributed by atoms with Crippen LogP contribution in [0.4, 0.5) is 14.6 Å². The number of piperidine rings is 2. The molecule has 4 heterocycles. The molecule has 4 fully saturated rings. The normalized spacial score (nSPS) is 22.7. The van der Waals surface area contributed by atoms with Crippen LogP contribution in [0, 0.1) is 28.4 Å². The summed E-state index contributed by atoms with van der Waals surface area (Å²) < 4.78 is 49.7. The van der Waals surface area contributed by atoms with E-state index in [0.29, 0.717) is 89.3 Å². The van der Waals surface area contributed by atoms with Gasteiger partial charge < -0.3 is 34.2 Å². The van der Waals surface area contributed by atoms with Gasteiger partial charge in [0, 0.05) is 50.5 Å². The van der Waals surface area contributed by atoms with E-state index in [1.165, 1.54) is 26.0 Å². The molecule has 53 heavy (non-hydrogen) atoms. The molecular weight excluding hydrogens is 680 g/mol. The number of fused-ring (bicyclic) bond motifs is 2. The third-order valence-corrected chi connectivity index (χ3v) is 12.4. The second-order valence-corrected chi connectivity index (χ2v) is 16.6. The first-order valence-corrected chi connectivity index (χ1v) is 19.2. The average molecular weight is 732 g/mol. The topological polar surface area (TPSA) is 113 Å². The van der Waals surface area contributed by atoms with Gasteiger partial charge in [-0.25, -0.2) is 8.78 Å². The summed E-state index contributed by atoms with van der Waals surface area (Å²) >= 11 is 0. The first kappa shape index (κ1) is 36.3. The van der Waals surface area contributed by atoms with Crippen molar-refractivity contribution in [2.45, 2.75) is 77.2 Å². The van der Waals surface area contributed by atoms with E-state index >= 15 is 8.78 Å². The van der Waals surface area contributed by atoms with E-state index in [-0.39, 0.29) is 35.2 Å². The molecule has 2 saturated heterocycles. The van der Waals surface area contributed by atoms with Crippen molar-refractivity contribution >= 4 is 27.5 Å². The van der Waals surface area contributed by atoms with E-state index in [2.05, 4.69) is 9.88 Å². The Morgan fingerprint density at radius 2 is 1.79 bits per heavy atom. The fourth-order valence-corrected chi connectivity index (χ4v) is 9.25. The Morgan fingerprint density at radius 3 is 2.49 bits per heavy atom. The number of benzene rings is 2. The highest BCUT2D eigenvalue weighted by atomic mass is 19.1. The molecule has 2 saturated carbocycles. The molecule has 4 aliphatic rings. The van der Waals surface area contributed by atoms with Crippen LogP contribution >= 0.6 is 0 Å². The number of halogens is 2. The molecular formula is C41H51F2N5O5. The van der Waals surface area contributed by atoms with E-state index < -0.39 is 11.4 Å². The van der Waals surface area contributed by atoms with Gasteiger partial charge in [-0.05, 0) is 124 Å². The minimum absolute atomic E-state index is 0.00480. The van der Waals surface area contributed by atoms with Crippen LogP contribution in [0.2, 0.25) is 0 Å².